The van der Waals surface area contributed by atoms with Crippen molar-refractivity contribution in [2.45, 2.75) is 73.6 Å². The maximum atomic E-state index is 9.25. The van der Waals surface area contributed by atoms with Crippen molar-refractivity contribution in [3.63, 3.8) is 0 Å². The Hall–Kier alpha value is 2.58. The molecular weight excluding hydrogens is 359 g/mol. The van der Waals surface area contributed by atoms with Crippen LogP contribution in [0.1, 0.15) is 73.6 Å². The van der Waals surface area contributed by atoms with Crippen molar-refractivity contribution in [2.24, 2.45) is 0 Å². The van der Waals surface area contributed by atoms with E-state index in [0.717, 1.165) is 6.42 Å². The molecule has 0 unspecified atom stereocenters. The summed E-state index contributed by atoms with van der Waals surface area (Å²) in [7, 11) is 0. The first kappa shape index (κ1) is 36.7. The molecule has 0 aliphatic carbocycles. The molecule has 99 valence electrons. The van der Waals surface area contributed by atoms with Crippen molar-refractivity contribution >= 4 is 6.29 Å². The fourth-order valence-corrected chi connectivity index (χ4v) is 0.333. The third-order valence-electron chi connectivity index (χ3n) is 1.39. The molecule has 0 N–H and O–H groups in total. The van der Waals surface area contributed by atoms with Gasteiger partial charge in [-0.15, -0.1) is 0 Å². The molecule has 0 heterocycles. The minimum atomic E-state index is 0. The summed E-state index contributed by atoms with van der Waals surface area (Å²) in [5, 5.41) is 0. The van der Waals surface area contributed by atoms with Gasteiger partial charge in [0, 0.05) is 32.7 Å². The largest absolute Gasteiger partial charge is 1.00 e. The normalized spacial score (nSPS) is 6.41. The Kier molecular flexibility index (Phi) is 111. The number of unbranched alkanes of at least 4 members (excludes halogenated alkanes) is 4. The molecule has 1 radical (unpaired) electrons. The Morgan fingerprint density at radius 3 is 1.53 bits per heavy atom. The Balaban J connectivity index is -0.0000000247. The Morgan fingerprint density at radius 2 is 1.53 bits per heavy atom. The van der Waals surface area contributed by atoms with Crippen LogP contribution in [0.3, 0.4) is 0 Å². The summed E-state index contributed by atoms with van der Waals surface area (Å²) in [4.78, 5) is 9.25. The third kappa shape index (κ3) is 88.9. The van der Waals surface area contributed by atoms with Gasteiger partial charge in [0.05, 0.1) is 0 Å². The zero-order chi connectivity index (χ0) is 11.7. The molecule has 0 atom stereocenters. The van der Waals surface area contributed by atoms with Gasteiger partial charge < -0.3 is 18.1 Å². The number of hydrogen-bond acceptors (Lipinski definition) is 1. The van der Waals surface area contributed by atoms with Crippen molar-refractivity contribution in [1.29, 1.82) is 0 Å². The van der Waals surface area contributed by atoms with E-state index in [2.05, 4.69) is 27.7 Å². The summed E-state index contributed by atoms with van der Waals surface area (Å²) in [5.74, 6) is 0. The van der Waals surface area contributed by atoms with E-state index in [1.807, 2.05) is 6.92 Å². The molecule has 0 saturated heterocycles. The Bertz CT molecular complexity index is 76.6. The summed E-state index contributed by atoms with van der Waals surface area (Å²) >= 11 is 0. The van der Waals surface area contributed by atoms with Crippen LogP contribution in [0, 0.1) is 13.3 Å². The molecule has 0 bridgehead atoms. The molecule has 0 rings (SSSR count). The van der Waals surface area contributed by atoms with Crippen LogP contribution in [-0.2, 0) is 37.5 Å². The van der Waals surface area contributed by atoms with Gasteiger partial charge in [-0.1, -0.05) is 53.9 Å². The molecule has 0 aromatic heterocycles. The second-order valence-electron chi connectivity index (χ2n) is 2.96. The van der Waals surface area contributed by atoms with Crippen LogP contribution in [0.25, 0.3) is 0 Å². The van der Waals surface area contributed by atoms with Crippen LogP contribution in [0.2, 0.25) is 0 Å². The molecule has 3 heteroatoms. The zero-order valence-corrected chi connectivity index (χ0v) is 19.8. The quantitative estimate of drug-likeness (QED) is 0.659. The van der Waals surface area contributed by atoms with Crippen LogP contribution in [-0.4, -0.2) is 6.29 Å². The van der Waals surface area contributed by atoms with Crippen LogP contribution in [0.4, 0.5) is 0 Å². The molecule has 0 fully saturated rings. The van der Waals surface area contributed by atoms with Gasteiger partial charge in [-0.25, -0.2) is 0 Å². The van der Waals surface area contributed by atoms with E-state index in [0.29, 0.717) is 6.42 Å². The van der Waals surface area contributed by atoms with Gasteiger partial charge in [-0.3, -0.25) is 12.7 Å². The van der Waals surface area contributed by atoms with E-state index < -0.39 is 0 Å². The second-order valence-corrected chi connectivity index (χ2v) is 2.96. The summed E-state index contributed by atoms with van der Waals surface area (Å²) in [5.41, 5.74) is 0. The van der Waals surface area contributed by atoms with Gasteiger partial charge in [0.2, 0.25) is 0 Å². The summed E-state index contributed by atoms with van der Waals surface area (Å²) in [6.07, 6.45) is 10.2. The van der Waals surface area contributed by atoms with E-state index in [9.17, 15) is 4.79 Å². The molecule has 0 spiro atoms. The fraction of sp³-hybridized carbons (Fsp3) is 0.786. The summed E-state index contributed by atoms with van der Waals surface area (Å²) in [6, 6.07) is 0. The standard InChI is InChI=1S/C5H11.C4H6O.C4H10.CH4.Rb.Y/c1-3-5-4-2;1-2-3-4-5;1-3-4-2;;;/h1,3-5H2,2H3;2H,3H2,1H3;3-4H2,1-2H3;1H4;;/q-1;-2;;;+1;. The van der Waals surface area contributed by atoms with Crippen molar-refractivity contribution in [3.8, 4) is 0 Å². The van der Waals surface area contributed by atoms with Crippen molar-refractivity contribution < 1.29 is 95.7 Å². The van der Waals surface area contributed by atoms with E-state index in [1.54, 1.807) is 12.7 Å². The topological polar surface area (TPSA) is 17.1 Å². The van der Waals surface area contributed by atoms with Crippen LogP contribution in [0.15, 0.2) is 0 Å². The number of rotatable bonds is 5. The minimum Gasteiger partial charge on any atom is -0.544 e. The third-order valence-corrected chi connectivity index (χ3v) is 1.39. The molecule has 0 amide bonds. The van der Waals surface area contributed by atoms with Gasteiger partial charge in [-0.05, 0) is 0 Å². The number of hydrogen-bond donors (Lipinski definition) is 0. The first-order chi connectivity index (χ1) is 6.74. The minimum absolute atomic E-state index is 0. The summed E-state index contributed by atoms with van der Waals surface area (Å²) < 4.78 is 0. The van der Waals surface area contributed by atoms with Crippen molar-refractivity contribution in [2.75, 3.05) is 0 Å². The molecule has 17 heavy (non-hydrogen) atoms. The van der Waals surface area contributed by atoms with E-state index in [1.165, 1.54) is 25.7 Å². The molecule has 0 aliphatic rings. The van der Waals surface area contributed by atoms with Gasteiger partial charge >= 0.3 is 58.2 Å². The maximum absolute atomic E-state index is 9.25. The number of carbonyl (C=O) groups excluding carboxylic acids is 1. The molecule has 0 aromatic carbocycles. The molecule has 0 saturated carbocycles. The average Bonchev–Trinajstić information content (AvgIpc) is 2.22. The maximum Gasteiger partial charge on any atom is 1.00 e. The van der Waals surface area contributed by atoms with Gasteiger partial charge in [0.15, 0.2) is 0 Å². The molecule has 1 nitrogen and oxygen atoms in total. The van der Waals surface area contributed by atoms with Gasteiger partial charge in [0.1, 0.15) is 0 Å². The SMILES string of the molecule is C.CCCC.C[CH-]C[C-]=O.[CH2-]CCCC.[Rb+].[Y]. The van der Waals surface area contributed by atoms with Crippen molar-refractivity contribution in [1.82, 2.24) is 0 Å². The van der Waals surface area contributed by atoms with E-state index in [-0.39, 0.29) is 98.3 Å². The monoisotopic (exact) mass is 389 g/mol. The van der Waals surface area contributed by atoms with Gasteiger partial charge in [0.25, 0.3) is 0 Å². The van der Waals surface area contributed by atoms with E-state index >= 15 is 0 Å². The van der Waals surface area contributed by atoms with Crippen LogP contribution in [0.5, 0.6) is 0 Å². The molecule has 0 aromatic rings. The Labute approximate surface area is 185 Å². The first-order valence-corrected chi connectivity index (χ1v) is 5.66. The van der Waals surface area contributed by atoms with Crippen LogP contribution < -0.4 is 58.2 Å². The van der Waals surface area contributed by atoms with Crippen molar-refractivity contribution in [3.05, 3.63) is 13.3 Å². The first-order valence-electron chi connectivity index (χ1n) is 5.66. The van der Waals surface area contributed by atoms with E-state index in [4.69, 9.17) is 0 Å². The summed E-state index contributed by atoms with van der Waals surface area (Å²) in [6.45, 7) is 12.0. The second kappa shape index (κ2) is 51.3. The average molecular weight is 390 g/mol. The Morgan fingerprint density at radius 1 is 1.12 bits per heavy atom. The predicted molar refractivity (Wildman–Crippen MR) is 72.5 cm³/mol. The zero-order valence-electron chi connectivity index (χ0n) is 12.0. The predicted octanol–water partition coefficient (Wildman–Crippen LogP) is 2.17. The fourth-order valence-electron chi connectivity index (χ4n) is 0.333. The smallest absolute Gasteiger partial charge is 0.544 e. The van der Waals surface area contributed by atoms with Gasteiger partial charge in [-0.2, -0.15) is 13.3 Å². The molecule has 0 aliphatic heterocycles. The molecular formula is C14H31ORbY-2. The van der Waals surface area contributed by atoms with Crippen LogP contribution >= 0.6 is 0 Å².